The van der Waals surface area contributed by atoms with E-state index in [-0.39, 0.29) is 12.2 Å². The largest absolute Gasteiger partial charge is 0.573 e. The number of hydrogen-bond acceptors (Lipinski definition) is 6. The van der Waals surface area contributed by atoms with Crippen molar-refractivity contribution < 1.29 is 37.3 Å². The Labute approximate surface area is 198 Å². The molecular formula is C23H23F3N4O5. The first-order valence-electron chi connectivity index (χ1n) is 10.4. The molecule has 2 N–H and O–H groups in total. The summed E-state index contributed by atoms with van der Waals surface area (Å²) in [6.07, 6.45) is -4.16. The Morgan fingerprint density at radius 1 is 1.06 bits per heavy atom. The average Bonchev–Trinajstić information content (AvgIpc) is 3.22. The summed E-state index contributed by atoms with van der Waals surface area (Å²) in [6.45, 7) is 5.02. The first-order chi connectivity index (χ1) is 16.3. The second kappa shape index (κ2) is 10.0. The van der Waals surface area contributed by atoms with E-state index in [9.17, 15) is 27.9 Å². The van der Waals surface area contributed by atoms with Gasteiger partial charge in [-0.3, -0.25) is 0 Å². The summed E-state index contributed by atoms with van der Waals surface area (Å²) < 4.78 is 47.3. The van der Waals surface area contributed by atoms with E-state index in [1.54, 1.807) is 45.0 Å². The number of ether oxygens (including phenoxy) is 2. The number of carbonyl (C=O) groups excluding carboxylic acids is 1. The number of halogens is 3. The van der Waals surface area contributed by atoms with E-state index in [1.807, 2.05) is 0 Å². The molecule has 1 atom stereocenters. The lowest BCUT2D eigenvalue weighted by Gasteiger charge is -2.22. The summed E-state index contributed by atoms with van der Waals surface area (Å²) in [7, 11) is 0. The molecule has 0 bridgehead atoms. The maximum Gasteiger partial charge on any atom is 0.573 e. The molecule has 0 aliphatic carbocycles. The van der Waals surface area contributed by atoms with Crippen molar-refractivity contribution in [1.29, 1.82) is 0 Å². The molecule has 9 nitrogen and oxygen atoms in total. The van der Waals surface area contributed by atoms with Gasteiger partial charge in [-0.05, 0) is 50.6 Å². The first-order valence-corrected chi connectivity index (χ1v) is 10.4. The molecule has 0 radical (unpaired) electrons. The van der Waals surface area contributed by atoms with Crippen LogP contribution in [0.3, 0.4) is 0 Å². The Hall–Kier alpha value is -4.09. The number of nitrogens with zero attached hydrogens (tertiary/aromatic N) is 3. The van der Waals surface area contributed by atoms with Gasteiger partial charge in [0.15, 0.2) is 5.82 Å². The minimum atomic E-state index is -4.77. The van der Waals surface area contributed by atoms with Crippen molar-refractivity contribution >= 4 is 12.1 Å². The van der Waals surface area contributed by atoms with Crippen LogP contribution in [0.2, 0.25) is 0 Å². The molecule has 1 heterocycles. The number of amides is 1. The fourth-order valence-corrected chi connectivity index (χ4v) is 3.00. The standard InChI is InChI=1S/C23H23F3N4O5/c1-22(2,3)35-21(33)28-18(20(31)32)12-14-4-6-15(7-5-14)19-27-13-30(29-19)16-8-10-17(11-9-16)34-23(24,25)26/h4-11,13,18H,12H2,1-3H3,(H,28,33)(H,31,32). The molecule has 2 aromatic carbocycles. The summed E-state index contributed by atoms with van der Waals surface area (Å²) in [5.74, 6) is -1.20. The summed E-state index contributed by atoms with van der Waals surface area (Å²) in [5.41, 5.74) is 1.00. The number of rotatable bonds is 7. The van der Waals surface area contributed by atoms with E-state index in [0.717, 1.165) is 0 Å². The molecule has 1 amide bonds. The van der Waals surface area contributed by atoms with Crippen molar-refractivity contribution in [3.05, 3.63) is 60.4 Å². The van der Waals surface area contributed by atoms with Gasteiger partial charge in [0.2, 0.25) is 0 Å². The number of benzene rings is 2. The Morgan fingerprint density at radius 2 is 1.69 bits per heavy atom. The van der Waals surface area contributed by atoms with Crippen LogP contribution < -0.4 is 10.1 Å². The number of nitrogens with one attached hydrogen (secondary N) is 1. The van der Waals surface area contributed by atoms with Crippen molar-refractivity contribution in [2.75, 3.05) is 0 Å². The number of carboxylic acid groups (broad SMARTS) is 1. The van der Waals surface area contributed by atoms with Crippen LogP contribution in [-0.4, -0.2) is 49.9 Å². The lowest BCUT2D eigenvalue weighted by atomic mass is 10.0. The van der Waals surface area contributed by atoms with Gasteiger partial charge in [0, 0.05) is 12.0 Å². The molecular weight excluding hydrogens is 469 g/mol. The van der Waals surface area contributed by atoms with E-state index >= 15 is 0 Å². The summed E-state index contributed by atoms with van der Waals surface area (Å²) >= 11 is 0. The van der Waals surface area contributed by atoms with Gasteiger partial charge in [-0.1, -0.05) is 24.3 Å². The van der Waals surface area contributed by atoms with Gasteiger partial charge in [-0.2, -0.15) is 0 Å². The minimum Gasteiger partial charge on any atom is -0.480 e. The fraction of sp³-hybridized carbons (Fsp3) is 0.304. The van der Waals surface area contributed by atoms with Crippen LogP contribution in [-0.2, 0) is 16.0 Å². The molecule has 1 aromatic heterocycles. The van der Waals surface area contributed by atoms with Crippen LogP contribution in [0.15, 0.2) is 54.9 Å². The topological polar surface area (TPSA) is 116 Å². The van der Waals surface area contributed by atoms with Gasteiger partial charge in [0.05, 0.1) is 5.69 Å². The molecule has 3 aromatic rings. The number of hydrogen-bond donors (Lipinski definition) is 2. The quantitative estimate of drug-likeness (QED) is 0.504. The molecule has 0 spiro atoms. The van der Waals surface area contributed by atoms with Crippen LogP contribution in [0.4, 0.5) is 18.0 Å². The SMILES string of the molecule is CC(C)(C)OC(=O)NC(Cc1ccc(-c2ncn(-c3ccc(OC(F)(F)F)cc3)n2)cc1)C(=O)O. The predicted octanol–water partition coefficient (Wildman–Crippen LogP) is 4.35. The van der Waals surface area contributed by atoms with Crippen LogP contribution in [0.25, 0.3) is 17.1 Å². The zero-order valence-electron chi connectivity index (χ0n) is 19.0. The zero-order valence-corrected chi connectivity index (χ0v) is 19.0. The van der Waals surface area contributed by atoms with E-state index in [0.29, 0.717) is 22.6 Å². The summed E-state index contributed by atoms with van der Waals surface area (Å²) in [4.78, 5) is 27.7. The second-order valence-corrected chi connectivity index (χ2v) is 8.49. The molecule has 3 rings (SSSR count). The zero-order chi connectivity index (χ0) is 25.8. The molecule has 0 fully saturated rings. The molecule has 0 aliphatic rings. The molecule has 186 valence electrons. The molecule has 35 heavy (non-hydrogen) atoms. The van der Waals surface area contributed by atoms with Crippen LogP contribution >= 0.6 is 0 Å². The van der Waals surface area contributed by atoms with Gasteiger partial charge in [-0.15, -0.1) is 18.3 Å². The Balaban J connectivity index is 1.67. The van der Waals surface area contributed by atoms with Crippen LogP contribution in [0.5, 0.6) is 5.75 Å². The highest BCUT2D eigenvalue weighted by Gasteiger charge is 2.31. The van der Waals surface area contributed by atoms with Gasteiger partial charge >= 0.3 is 18.4 Å². The minimum absolute atomic E-state index is 0.0308. The van der Waals surface area contributed by atoms with E-state index in [4.69, 9.17) is 4.74 Å². The maximum absolute atomic E-state index is 12.3. The highest BCUT2D eigenvalue weighted by atomic mass is 19.4. The number of aromatic nitrogens is 3. The average molecular weight is 492 g/mol. The normalized spacial score (nSPS) is 12.6. The van der Waals surface area contributed by atoms with Crippen LogP contribution in [0, 0.1) is 0 Å². The van der Waals surface area contributed by atoms with Crippen molar-refractivity contribution in [3.63, 3.8) is 0 Å². The maximum atomic E-state index is 12.3. The number of alkyl carbamates (subject to hydrolysis) is 1. The Bertz CT molecular complexity index is 1170. The molecule has 0 aliphatic heterocycles. The van der Waals surface area contributed by atoms with Crippen molar-refractivity contribution in [2.24, 2.45) is 0 Å². The lowest BCUT2D eigenvalue weighted by molar-refractivity contribution is -0.274. The van der Waals surface area contributed by atoms with E-state index in [2.05, 4.69) is 20.1 Å². The molecule has 0 saturated carbocycles. The van der Waals surface area contributed by atoms with E-state index in [1.165, 1.54) is 35.3 Å². The summed E-state index contributed by atoms with van der Waals surface area (Å²) in [5, 5.41) is 16.1. The smallest absolute Gasteiger partial charge is 0.480 e. The number of carboxylic acids is 1. The Kier molecular flexibility index (Phi) is 7.32. The lowest BCUT2D eigenvalue weighted by Crippen LogP contribution is -2.44. The summed E-state index contributed by atoms with van der Waals surface area (Å²) in [6, 6.07) is 10.7. The second-order valence-electron chi connectivity index (χ2n) is 8.49. The molecule has 1 unspecified atom stereocenters. The predicted molar refractivity (Wildman–Crippen MR) is 118 cm³/mol. The van der Waals surface area contributed by atoms with Gasteiger partial charge in [0.1, 0.15) is 23.7 Å². The monoisotopic (exact) mass is 492 g/mol. The molecule has 0 saturated heterocycles. The number of alkyl halides is 3. The van der Waals surface area contributed by atoms with Crippen LogP contribution in [0.1, 0.15) is 26.3 Å². The fourth-order valence-electron chi connectivity index (χ4n) is 3.00. The highest BCUT2D eigenvalue weighted by molar-refractivity contribution is 5.80. The van der Waals surface area contributed by atoms with Crippen molar-refractivity contribution in [2.45, 2.75) is 45.2 Å². The third kappa shape index (κ3) is 7.73. The van der Waals surface area contributed by atoms with Crippen molar-refractivity contribution in [3.8, 4) is 22.8 Å². The highest BCUT2D eigenvalue weighted by Crippen LogP contribution is 2.24. The first kappa shape index (κ1) is 25.5. The number of carbonyl (C=O) groups is 2. The third-order valence-electron chi connectivity index (χ3n) is 4.47. The van der Waals surface area contributed by atoms with Gasteiger partial charge in [0.25, 0.3) is 0 Å². The molecule has 12 heteroatoms. The van der Waals surface area contributed by atoms with Gasteiger partial charge in [-0.25, -0.2) is 19.3 Å². The van der Waals surface area contributed by atoms with Crippen molar-refractivity contribution in [1.82, 2.24) is 20.1 Å². The van der Waals surface area contributed by atoms with Gasteiger partial charge < -0.3 is 19.9 Å². The number of aliphatic carboxylic acids is 1. The third-order valence-corrected chi connectivity index (χ3v) is 4.47. The van der Waals surface area contributed by atoms with E-state index < -0.39 is 30.1 Å². The Morgan fingerprint density at radius 3 is 2.23 bits per heavy atom.